The lowest BCUT2D eigenvalue weighted by molar-refractivity contribution is -0.384. The van der Waals surface area contributed by atoms with E-state index in [-0.39, 0.29) is 38.0 Å². The van der Waals surface area contributed by atoms with Gasteiger partial charge in [-0.3, -0.25) is 14.9 Å². The summed E-state index contributed by atoms with van der Waals surface area (Å²) in [7, 11) is -3.37. The first-order valence-electron chi connectivity index (χ1n) is 8.19. The number of nitrogens with zero attached hydrogens (tertiary/aromatic N) is 2. The Labute approximate surface area is 174 Å². The van der Waals surface area contributed by atoms with Crippen molar-refractivity contribution in [1.29, 1.82) is 0 Å². The summed E-state index contributed by atoms with van der Waals surface area (Å²) < 4.78 is 29.4. The van der Waals surface area contributed by atoms with Gasteiger partial charge in [0.2, 0.25) is 5.91 Å². The van der Waals surface area contributed by atoms with Crippen molar-refractivity contribution < 1.29 is 22.6 Å². The molecule has 0 aliphatic rings. The summed E-state index contributed by atoms with van der Waals surface area (Å²) >= 11 is 6.95. The van der Waals surface area contributed by atoms with Crippen LogP contribution >= 0.6 is 23.4 Å². The Balaban J connectivity index is 1.70. The van der Waals surface area contributed by atoms with Crippen LogP contribution in [0.1, 0.15) is 6.92 Å². The molecular weight excluding hydrogens is 442 g/mol. The van der Waals surface area contributed by atoms with E-state index in [0.29, 0.717) is 11.1 Å². The molecule has 12 heteroatoms. The monoisotopic (exact) mass is 455 g/mol. The molecule has 3 aromatic rings. The van der Waals surface area contributed by atoms with Gasteiger partial charge >= 0.3 is 0 Å². The highest BCUT2D eigenvalue weighted by molar-refractivity contribution is 7.99. The molecule has 0 spiro atoms. The Morgan fingerprint density at radius 1 is 1.31 bits per heavy atom. The summed E-state index contributed by atoms with van der Waals surface area (Å²) in [4.78, 5) is 26.7. The molecule has 0 atom stereocenters. The molecule has 1 aromatic heterocycles. The minimum absolute atomic E-state index is 0.0294. The lowest BCUT2D eigenvalue weighted by atomic mass is 10.3. The molecule has 2 aromatic carbocycles. The molecule has 152 valence electrons. The highest BCUT2D eigenvalue weighted by atomic mass is 35.5. The number of nitro groups is 1. The van der Waals surface area contributed by atoms with Crippen LogP contribution in [-0.4, -0.2) is 35.7 Å². The number of anilines is 1. The van der Waals surface area contributed by atoms with Gasteiger partial charge in [0.25, 0.3) is 10.9 Å². The van der Waals surface area contributed by atoms with E-state index in [2.05, 4.69) is 10.3 Å². The maximum absolute atomic E-state index is 12.1. The Bertz CT molecular complexity index is 1210. The third-order valence-corrected chi connectivity index (χ3v) is 6.73. The van der Waals surface area contributed by atoms with E-state index in [1.165, 1.54) is 36.4 Å². The molecule has 0 aliphatic heterocycles. The molecule has 0 unspecified atom stereocenters. The van der Waals surface area contributed by atoms with Crippen LogP contribution < -0.4 is 5.32 Å². The van der Waals surface area contributed by atoms with Crippen molar-refractivity contribution in [3.63, 3.8) is 0 Å². The number of sulfone groups is 1. The molecule has 3 rings (SSSR count). The minimum Gasteiger partial charge on any atom is -0.431 e. The van der Waals surface area contributed by atoms with Crippen LogP contribution in [0.2, 0.25) is 5.02 Å². The second-order valence-corrected chi connectivity index (χ2v) is 9.38. The first-order valence-corrected chi connectivity index (χ1v) is 11.2. The highest BCUT2D eigenvalue weighted by Gasteiger charge is 2.16. The van der Waals surface area contributed by atoms with Crippen molar-refractivity contribution in [2.45, 2.75) is 17.0 Å². The second kappa shape index (κ2) is 8.39. The number of nitrogens with one attached hydrogen (secondary N) is 1. The molecule has 0 bridgehead atoms. The van der Waals surface area contributed by atoms with Crippen molar-refractivity contribution in [3.8, 4) is 0 Å². The zero-order valence-corrected chi connectivity index (χ0v) is 17.3. The molecular formula is C17H14ClN3O6S2. The molecule has 9 nitrogen and oxygen atoms in total. The van der Waals surface area contributed by atoms with Crippen LogP contribution in [0.4, 0.5) is 11.4 Å². The van der Waals surface area contributed by atoms with Gasteiger partial charge in [-0.25, -0.2) is 13.4 Å². The predicted molar refractivity (Wildman–Crippen MR) is 109 cm³/mol. The number of fused-ring (bicyclic) bond motifs is 1. The van der Waals surface area contributed by atoms with E-state index in [1.807, 2.05) is 0 Å². The highest BCUT2D eigenvalue weighted by Crippen LogP contribution is 2.28. The fourth-order valence-electron chi connectivity index (χ4n) is 2.34. The maximum Gasteiger partial charge on any atom is 0.271 e. The summed E-state index contributed by atoms with van der Waals surface area (Å²) in [6.45, 7) is 1.55. The van der Waals surface area contributed by atoms with Gasteiger partial charge in [-0.1, -0.05) is 30.3 Å². The number of thioether (sulfide) groups is 1. The number of carbonyl (C=O) groups is 1. The lowest BCUT2D eigenvalue weighted by Crippen LogP contribution is -2.14. The first kappa shape index (κ1) is 21.1. The summed E-state index contributed by atoms with van der Waals surface area (Å²) in [5, 5.41) is 13.7. The number of carbonyl (C=O) groups excluding carboxylic acids is 1. The van der Waals surface area contributed by atoms with Gasteiger partial charge in [0.05, 0.1) is 32.0 Å². The average Bonchev–Trinajstić information content (AvgIpc) is 3.10. The number of benzene rings is 2. The number of rotatable bonds is 7. The standard InChI is InChI=1S/C17H14ClN3O6S2/c1-2-29(25,26)11-4-6-15-14(8-11)20-17(27-15)28-9-16(22)19-13-7-10(21(23)24)3-5-12(13)18/h3-8H,2,9H2,1H3,(H,19,22). The number of amides is 1. The van der Waals surface area contributed by atoms with E-state index in [0.717, 1.165) is 11.8 Å². The van der Waals surface area contributed by atoms with Gasteiger partial charge in [0, 0.05) is 12.1 Å². The molecule has 29 heavy (non-hydrogen) atoms. The quantitative estimate of drug-likeness (QED) is 0.322. The van der Waals surface area contributed by atoms with Gasteiger partial charge in [-0.2, -0.15) is 0 Å². The van der Waals surface area contributed by atoms with Gasteiger partial charge in [-0.05, 0) is 24.3 Å². The Kier molecular flexibility index (Phi) is 6.10. The van der Waals surface area contributed by atoms with Crippen LogP contribution in [0.15, 0.2) is 50.9 Å². The lowest BCUT2D eigenvalue weighted by Gasteiger charge is -2.06. The van der Waals surface area contributed by atoms with Gasteiger partial charge in [-0.15, -0.1) is 0 Å². The van der Waals surface area contributed by atoms with E-state index in [4.69, 9.17) is 16.0 Å². The summed E-state index contributed by atoms with van der Waals surface area (Å²) in [6.07, 6.45) is 0. The second-order valence-electron chi connectivity index (χ2n) is 5.77. The molecule has 1 amide bonds. The SMILES string of the molecule is CCS(=O)(=O)c1ccc2oc(SCC(=O)Nc3cc([N+](=O)[O-])ccc3Cl)nc2c1. The van der Waals surface area contributed by atoms with Crippen molar-refractivity contribution in [3.05, 3.63) is 51.5 Å². The first-order chi connectivity index (χ1) is 13.7. The van der Waals surface area contributed by atoms with Crippen molar-refractivity contribution >= 4 is 61.6 Å². The Hall–Kier alpha value is -2.63. The largest absolute Gasteiger partial charge is 0.431 e. The number of oxazole rings is 1. The fourth-order valence-corrected chi connectivity index (χ4v) is 4.05. The smallest absolute Gasteiger partial charge is 0.271 e. The van der Waals surface area contributed by atoms with Crippen molar-refractivity contribution in [1.82, 2.24) is 4.98 Å². The molecule has 0 aliphatic carbocycles. The van der Waals surface area contributed by atoms with E-state index < -0.39 is 20.7 Å². The topological polar surface area (TPSA) is 132 Å². The zero-order valence-electron chi connectivity index (χ0n) is 14.9. The molecule has 1 N–H and O–H groups in total. The molecule has 0 radical (unpaired) electrons. The number of aromatic nitrogens is 1. The predicted octanol–water partition coefficient (Wildman–Crippen LogP) is 3.91. The Morgan fingerprint density at radius 2 is 2.07 bits per heavy atom. The van der Waals surface area contributed by atoms with Gasteiger partial charge in [0.1, 0.15) is 5.52 Å². The van der Waals surface area contributed by atoms with Crippen molar-refractivity contribution in [2.24, 2.45) is 0 Å². The van der Waals surface area contributed by atoms with E-state index >= 15 is 0 Å². The van der Waals surface area contributed by atoms with Crippen LogP contribution in [0.3, 0.4) is 0 Å². The minimum atomic E-state index is -3.37. The number of non-ortho nitro benzene ring substituents is 1. The van der Waals surface area contributed by atoms with E-state index in [9.17, 15) is 23.3 Å². The molecule has 1 heterocycles. The number of hydrogen-bond donors (Lipinski definition) is 1. The molecule has 0 saturated heterocycles. The summed E-state index contributed by atoms with van der Waals surface area (Å²) in [6, 6.07) is 8.10. The van der Waals surface area contributed by atoms with Crippen molar-refractivity contribution in [2.75, 3.05) is 16.8 Å². The molecule has 0 fully saturated rings. The maximum atomic E-state index is 12.1. The normalized spacial score (nSPS) is 11.5. The number of hydrogen-bond acceptors (Lipinski definition) is 8. The van der Waals surface area contributed by atoms with Crippen LogP contribution in [0.5, 0.6) is 0 Å². The molecule has 0 saturated carbocycles. The fraction of sp³-hybridized carbons (Fsp3) is 0.176. The van der Waals surface area contributed by atoms with Gasteiger partial charge in [0.15, 0.2) is 15.4 Å². The zero-order chi connectivity index (χ0) is 21.2. The number of nitro benzene ring substituents is 1. The van der Waals surface area contributed by atoms with Crippen LogP contribution in [0.25, 0.3) is 11.1 Å². The number of halogens is 1. The van der Waals surface area contributed by atoms with E-state index in [1.54, 1.807) is 6.92 Å². The van der Waals surface area contributed by atoms with Crippen LogP contribution in [-0.2, 0) is 14.6 Å². The van der Waals surface area contributed by atoms with Gasteiger partial charge < -0.3 is 9.73 Å². The van der Waals surface area contributed by atoms with Crippen LogP contribution in [0, 0.1) is 10.1 Å². The summed E-state index contributed by atoms with van der Waals surface area (Å²) in [5.41, 5.74) is 0.682. The summed E-state index contributed by atoms with van der Waals surface area (Å²) in [5.74, 6) is -0.585. The Morgan fingerprint density at radius 3 is 2.76 bits per heavy atom. The third-order valence-electron chi connectivity index (χ3n) is 3.84. The average molecular weight is 456 g/mol. The third kappa shape index (κ3) is 4.86.